The minimum absolute atomic E-state index is 0.298. The maximum atomic E-state index is 10.5. The largest absolute Gasteiger partial charge is 0.429 e. The number of hydrogen-bond donors (Lipinski definition) is 2. The van der Waals surface area contributed by atoms with Gasteiger partial charge in [-0.15, -0.1) is 0 Å². The summed E-state index contributed by atoms with van der Waals surface area (Å²) in [5.41, 5.74) is 0. The average Bonchev–Trinajstić information content (AvgIpc) is 2.61. The van der Waals surface area contributed by atoms with E-state index in [-0.39, 0.29) is 5.22 Å². The van der Waals surface area contributed by atoms with Gasteiger partial charge in [0.05, 0.1) is 10.4 Å². The van der Waals surface area contributed by atoms with Crippen LogP contribution in [0, 0.1) is 0 Å². The smallest absolute Gasteiger partial charge is 0.329 e. The lowest BCUT2D eigenvalue weighted by Crippen LogP contribution is -2.58. The van der Waals surface area contributed by atoms with Crippen molar-refractivity contribution in [3.05, 3.63) is 0 Å². The summed E-state index contributed by atoms with van der Waals surface area (Å²) >= 11 is 0. The fourth-order valence-corrected chi connectivity index (χ4v) is 11.5. The second-order valence-corrected chi connectivity index (χ2v) is 18.8. The minimum Gasteiger partial charge on any atom is -0.429 e. The molecule has 7 heteroatoms. The van der Waals surface area contributed by atoms with Crippen LogP contribution in [0.15, 0.2) is 0 Å². The van der Waals surface area contributed by atoms with E-state index >= 15 is 0 Å². The molecule has 0 aliphatic carbocycles. The fourth-order valence-electron chi connectivity index (χ4n) is 2.57. The van der Waals surface area contributed by atoms with E-state index in [1.165, 1.54) is 0 Å². The molecule has 4 nitrogen and oxygen atoms in total. The lowest BCUT2D eigenvalue weighted by atomic mass is 10.3. The molecule has 1 heterocycles. The molecule has 19 heavy (non-hydrogen) atoms. The molecule has 0 amide bonds. The van der Waals surface area contributed by atoms with Gasteiger partial charge in [0, 0.05) is 0 Å². The second-order valence-electron chi connectivity index (χ2n) is 7.43. The third-order valence-corrected chi connectivity index (χ3v) is 13.3. The molecule has 0 aromatic rings. The topological polar surface area (TPSA) is 58.9 Å². The van der Waals surface area contributed by atoms with Gasteiger partial charge in [0.25, 0.3) is 0 Å². The number of rotatable bonds is 6. The molecule has 1 aliphatic heterocycles. The molecule has 3 atom stereocenters. The third-order valence-electron chi connectivity index (χ3n) is 4.56. The summed E-state index contributed by atoms with van der Waals surface area (Å²) in [6.45, 7) is 15.7. The summed E-state index contributed by atoms with van der Waals surface area (Å²) in [6, 6.07) is 0.900. The molecule has 0 aromatic heterocycles. The maximum Gasteiger partial charge on any atom is 0.329 e. The molecule has 1 aliphatic rings. The van der Waals surface area contributed by atoms with Crippen molar-refractivity contribution in [2.24, 2.45) is 0 Å². The molecular weight excluding hydrogens is 292 g/mol. The van der Waals surface area contributed by atoms with E-state index in [1.807, 2.05) is 26.9 Å². The Hall–Kier alpha value is 0.491. The molecule has 3 unspecified atom stereocenters. The molecule has 0 aromatic carbocycles. The van der Waals surface area contributed by atoms with Crippen molar-refractivity contribution in [2.45, 2.75) is 76.4 Å². The van der Waals surface area contributed by atoms with Gasteiger partial charge < -0.3 is 18.4 Å². The van der Waals surface area contributed by atoms with E-state index in [1.54, 1.807) is 13.1 Å². The van der Waals surface area contributed by atoms with Crippen LogP contribution in [0.5, 0.6) is 0 Å². The predicted octanol–water partition coefficient (Wildman–Crippen LogP) is 2.51. The highest BCUT2D eigenvalue weighted by Crippen LogP contribution is 2.54. The number of hydrogen-bond acceptors (Lipinski definition) is 4. The summed E-state index contributed by atoms with van der Waals surface area (Å²) in [7, 11) is -6.95. The molecule has 0 spiro atoms. The van der Waals surface area contributed by atoms with Crippen molar-refractivity contribution in [1.29, 1.82) is 0 Å². The van der Waals surface area contributed by atoms with Crippen LogP contribution in [-0.4, -0.2) is 45.2 Å². The Labute approximate surface area is 120 Å². The summed E-state index contributed by atoms with van der Waals surface area (Å²) in [4.78, 5) is 20.5. The maximum absolute atomic E-state index is 10.5. The first kappa shape index (κ1) is 17.5. The Morgan fingerprint density at radius 3 is 2.05 bits per heavy atom. The van der Waals surface area contributed by atoms with Gasteiger partial charge in [-0.05, 0) is 59.0 Å². The Bertz CT molecular complexity index is 352. The zero-order chi connectivity index (χ0) is 15.3. The lowest BCUT2D eigenvalue weighted by molar-refractivity contribution is 0.112. The highest BCUT2D eigenvalue weighted by Gasteiger charge is 2.70. The van der Waals surface area contributed by atoms with Crippen LogP contribution in [0.1, 0.15) is 27.2 Å². The van der Waals surface area contributed by atoms with Crippen molar-refractivity contribution >= 4 is 25.2 Å². The van der Waals surface area contributed by atoms with Crippen LogP contribution < -0.4 is 0 Å². The van der Waals surface area contributed by atoms with E-state index in [2.05, 4.69) is 13.5 Å². The van der Waals surface area contributed by atoms with Crippen LogP contribution in [-0.2, 0) is 8.85 Å². The van der Waals surface area contributed by atoms with Crippen molar-refractivity contribution in [1.82, 2.24) is 0 Å². The first-order valence-electron chi connectivity index (χ1n) is 7.03. The van der Waals surface area contributed by atoms with Gasteiger partial charge in [0.1, 0.15) is 0 Å². The Morgan fingerprint density at radius 2 is 1.74 bits per heavy atom. The van der Waals surface area contributed by atoms with Gasteiger partial charge in [-0.3, -0.25) is 0 Å². The van der Waals surface area contributed by atoms with E-state index in [0.717, 1.165) is 12.5 Å². The van der Waals surface area contributed by atoms with Gasteiger partial charge >= 0.3 is 8.56 Å². The second kappa shape index (κ2) is 4.76. The van der Waals surface area contributed by atoms with Crippen LogP contribution in [0.3, 0.4) is 0 Å². The van der Waals surface area contributed by atoms with Crippen LogP contribution in [0.4, 0.5) is 0 Å². The highest BCUT2D eigenvalue weighted by molar-refractivity contribution is 6.88. The monoisotopic (exact) mass is 322 g/mol. The molecular formula is C12H30O4Si3. The van der Waals surface area contributed by atoms with Crippen LogP contribution in [0.2, 0.25) is 38.8 Å². The van der Waals surface area contributed by atoms with Crippen LogP contribution >= 0.6 is 0 Å². The molecule has 1 saturated heterocycles. The zero-order valence-corrected chi connectivity index (χ0v) is 16.6. The van der Waals surface area contributed by atoms with Gasteiger partial charge in [-0.2, -0.15) is 0 Å². The summed E-state index contributed by atoms with van der Waals surface area (Å²) in [5, 5.41) is -0.732. The summed E-state index contributed by atoms with van der Waals surface area (Å²) < 4.78 is 12.4. The minimum atomic E-state index is -2.55. The van der Waals surface area contributed by atoms with Crippen molar-refractivity contribution in [3.63, 3.8) is 0 Å². The average molecular weight is 323 g/mol. The van der Waals surface area contributed by atoms with E-state index in [0.29, 0.717) is 0 Å². The zero-order valence-electron chi connectivity index (χ0n) is 13.6. The highest BCUT2D eigenvalue weighted by atomic mass is 28.4. The first-order valence-corrected chi connectivity index (χ1v) is 15.4. The molecule has 114 valence electrons. The third kappa shape index (κ3) is 3.58. The molecule has 0 radical (unpaired) electrons. The Balaban J connectivity index is 2.84. The predicted molar refractivity (Wildman–Crippen MR) is 85.1 cm³/mol. The standard InChI is InChI=1S/C12H30O4Si3/c1-9-11(2,17(4,5)13)16-19(8)10-12(19,3)15-18(6,7)14/h13-14H,9-10H2,1-8H3. The SMILES string of the molecule is CCC(C)(O[Si]1(C)CC1(C)O[Si](C)(C)O)[Si](C)(C)O. The van der Waals surface area contributed by atoms with Crippen molar-refractivity contribution in [2.75, 3.05) is 0 Å². The van der Waals surface area contributed by atoms with E-state index in [9.17, 15) is 9.59 Å². The first-order chi connectivity index (χ1) is 8.18. The summed E-state index contributed by atoms with van der Waals surface area (Å²) in [5.74, 6) is 0. The van der Waals surface area contributed by atoms with Crippen molar-refractivity contribution in [3.8, 4) is 0 Å². The quantitative estimate of drug-likeness (QED) is 0.738. The molecule has 2 N–H and O–H groups in total. The fraction of sp³-hybridized carbons (Fsp3) is 1.00. The van der Waals surface area contributed by atoms with Gasteiger partial charge in [0.15, 0.2) is 0 Å². The molecule has 1 rings (SSSR count). The normalized spacial score (nSPS) is 35.1. The Morgan fingerprint density at radius 1 is 1.26 bits per heavy atom. The van der Waals surface area contributed by atoms with E-state index < -0.39 is 30.4 Å². The van der Waals surface area contributed by atoms with Gasteiger partial charge in [-0.25, -0.2) is 0 Å². The van der Waals surface area contributed by atoms with Crippen molar-refractivity contribution < 1.29 is 18.4 Å². The lowest BCUT2D eigenvalue weighted by Gasteiger charge is -2.41. The van der Waals surface area contributed by atoms with Gasteiger partial charge in [0.2, 0.25) is 16.6 Å². The molecule has 1 fully saturated rings. The molecule has 0 saturated carbocycles. The Kier molecular flexibility index (Phi) is 4.39. The molecule has 0 bridgehead atoms. The van der Waals surface area contributed by atoms with Crippen LogP contribution in [0.25, 0.3) is 0 Å². The summed E-state index contributed by atoms with van der Waals surface area (Å²) in [6.07, 6.45) is 0.807. The van der Waals surface area contributed by atoms with Gasteiger partial charge in [-0.1, -0.05) is 6.92 Å². The van der Waals surface area contributed by atoms with E-state index in [4.69, 9.17) is 8.85 Å².